The Balaban J connectivity index is 2.39. The van der Waals surface area contributed by atoms with Crippen molar-refractivity contribution in [2.24, 2.45) is 0 Å². The molecule has 0 aromatic heterocycles. The first kappa shape index (κ1) is 15.0. The average Bonchev–Trinajstić information content (AvgIpc) is 2.34. The molecular weight excluding hydrogens is 280 g/mol. The van der Waals surface area contributed by atoms with Gasteiger partial charge in [0.15, 0.2) is 0 Å². The predicted octanol–water partition coefficient (Wildman–Crippen LogP) is 2.08. The number of likely N-dealkylation sites (tertiary alicyclic amines) is 1. The summed E-state index contributed by atoms with van der Waals surface area (Å²) in [6, 6.07) is -0.435. The molecule has 0 aliphatic carbocycles. The van der Waals surface area contributed by atoms with Crippen LogP contribution in [0.15, 0.2) is 0 Å². The molecule has 1 rings (SSSR count). The first-order valence-electron chi connectivity index (χ1n) is 5.66. The Bertz CT molecular complexity index is 279. The van der Waals surface area contributed by atoms with Crippen molar-refractivity contribution >= 4 is 46.0 Å². The fourth-order valence-electron chi connectivity index (χ4n) is 1.79. The van der Waals surface area contributed by atoms with Crippen molar-refractivity contribution in [2.75, 3.05) is 18.8 Å². The van der Waals surface area contributed by atoms with Gasteiger partial charge >= 0.3 is 5.97 Å². The quantitative estimate of drug-likeness (QED) is 0.460. The summed E-state index contributed by atoms with van der Waals surface area (Å²) >= 11 is 12.2. The number of rotatable bonds is 5. The second-order valence-corrected chi connectivity index (χ2v) is 5.89. The van der Waals surface area contributed by atoms with Crippen LogP contribution in [0, 0.1) is 0 Å². The van der Waals surface area contributed by atoms with Crippen LogP contribution in [-0.4, -0.2) is 45.2 Å². The molecule has 98 valence electrons. The summed E-state index contributed by atoms with van der Waals surface area (Å²) in [6.07, 6.45) is 3.60. The van der Waals surface area contributed by atoms with Crippen LogP contribution in [0.5, 0.6) is 0 Å². The molecule has 1 heterocycles. The van der Waals surface area contributed by atoms with Crippen LogP contribution >= 0.6 is 35.8 Å². The highest BCUT2D eigenvalue weighted by Gasteiger charge is 2.29. The molecule has 17 heavy (non-hydrogen) atoms. The van der Waals surface area contributed by atoms with Crippen molar-refractivity contribution < 1.29 is 9.90 Å². The molecule has 0 aromatic carbocycles. The third-order valence-electron chi connectivity index (χ3n) is 2.66. The number of hydrogen-bond donors (Lipinski definition) is 2. The van der Waals surface area contributed by atoms with E-state index in [0.717, 1.165) is 38.1 Å². The lowest BCUT2D eigenvalue weighted by molar-refractivity contribution is -0.142. The van der Waals surface area contributed by atoms with Gasteiger partial charge in [-0.05, 0) is 37.5 Å². The highest BCUT2D eigenvalue weighted by Crippen LogP contribution is 2.22. The van der Waals surface area contributed by atoms with Crippen LogP contribution in [0.25, 0.3) is 0 Å². The van der Waals surface area contributed by atoms with Gasteiger partial charge in [0.1, 0.15) is 10.4 Å². The number of carboxylic acids is 1. The first-order valence-corrected chi connectivity index (χ1v) is 7.43. The Morgan fingerprint density at radius 3 is 3.00 bits per heavy atom. The standard InChI is InChI=1S/C10H17ClN2O2S2/c11-12-5-3-7-17-10(16)13-6-2-1-4-8(13)9(14)15/h8,12H,1-7H2,(H,14,15)/t8-/m1/s1. The van der Waals surface area contributed by atoms with Crippen molar-refractivity contribution in [1.29, 1.82) is 0 Å². The Kier molecular flexibility index (Phi) is 7.18. The first-order chi connectivity index (χ1) is 8.16. The Morgan fingerprint density at radius 2 is 2.35 bits per heavy atom. The number of thioether (sulfide) groups is 1. The van der Waals surface area contributed by atoms with E-state index in [1.165, 1.54) is 11.8 Å². The molecule has 4 nitrogen and oxygen atoms in total. The smallest absolute Gasteiger partial charge is 0.326 e. The summed E-state index contributed by atoms with van der Waals surface area (Å²) in [5.41, 5.74) is 0. The predicted molar refractivity (Wildman–Crippen MR) is 75.5 cm³/mol. The summed E-state index contributed by atoms with van der Waals surface area (Å²) in [6.45, 7) is 1.50. The largest absolute Gasteiger partial charge is 0.480 e. The highest BCUT2D eigenvalue weighted by atomic mass is 35.5. The van der Waals surface area contributed by atoms with E-state index < -0.39 is 12.0 Å². The minimum atomic E-state index is -0.768. The lowest BCUT2D eigenvalue weighted by Crippen LogP contribution is -2.46. The average molecular weight is 297 g/mol. The second kappa shape index (κ2) is 8.13. The lowest BCUT2D eigenvalue weighted by Gasteiger charge is -2.34. The van der Waals surface area contributed by atoms with Crippen molar-refractivity contribution in [2.45, 2.75) is 31.7 Å². The monoisotopic (exact) mass is 296 g/mol. The summed E-state index contributed by atoms with van der Waals surface area (Å²) in [7, 11) is 0. The maximum absolute atomic E-state index is 11.1. The number of hydrogen-bond acceptors (Lipinski definition) is 4. The molecular formula is C10H17ClN2O2S2. The van der Waals surface area contributed by atoms with Gasteiger partial charge in [0.25, 0.3) is 0 Å². The van der Waals surface area contributed by atoms with E-state index in [1.54, 1.807) is 0 Å². The van der Waals surface area contributed by atoms with E-state index in [2.05, 4.69) is 4.84 Å². The fraction of sp³-hybridized carbons (Fsp3) is 0.800. The number of thiocarbonyl (C=S) groups is 1. The van der Waals surface area contributed by atoms with Gasteiger partial charge in [-0.3, -0.25) is 0 Å². The molecule has 7 heteroatoms. The Labute approximate surface area is 116 Å². The van der Waals surface area contributed by atoms with Gasteiger partial charge in [0.2, 0.25) is 0 Å². The normalized spacial score (nSPS) is 20.3. The van der Waals surface area contributed by atoms with Crippen LogP contribution in [-0.2, 0) is 4.79 Å². The van der Waals surface area contributed by atoms with Gasteiger partial charge in [-0.25, -0.2) is 9.63 Å². The van der Waals surface area contributed by atoms with E-state index >= 15 is 0 Å². The number of carbonyl (C=O) groups is 1. The Morgan fingerprint density at radius 1 is 1.59 bits per heavy atom. The van der Waals surface area contributed by atoms with Crippen molar-refractivity contribution in [3.8, 4) is 0 Å². The molecule has 0 spiro atoms. The van der Waals surface area contributed by atoms with Gasteiger partial charge in [0.05, 0.1) is 0 Å². The molecule has 0 radical (unpaired) electrons. The maximum Gasteiger partial charge on any atom is 0.326 e. The highest BCUT2D eigenvalue weighted by molar-refractivity contribution is 8.22. The molecule has 1 fully saturated rings. The zero-order valence-corrected chi connectivity index (χ0v) is 11.9. The molecule has 0 aromatic rings. The third-order valence-corrected chi connectivity index (χ3v) is 4.41. The van der Waals surface area contributed by atoms with E-state index in [1.807, 2.05) is 4.90 Å². The number of nitrogens with one attached hydrogen (secondary N) is 1. The molecule has 0 saturated carbocycles. The van der Waals surface area contributed by atoms with Gasteiger partial charge < -0.3 is 10.0 Å². The topological polar surface area (TPSA) is 52.6 Å². The maximum atomic E-state index is 11.1. The van der Waals surface area contributed by atoms with Crippen LogP contribution in [0.1, 0.15) is 25.7 Å². The van der Waals surface area contributed by atoms with E-state index in [4.69, 9.17) is 29.1 Å². The molecule has 1 aliphatic heterocycles. The minimum absolute atomic E-state index is 0.435. The zero-order valence-electron chi connectivity index (χ0n) is 9.52. The summed E-state index contributed by atoms with van der Waals surface area (Å²) in [4.78, 5) is 15.5. The molecule has 1 saturated heterocycles. The minimum Gasteiger partial charge on any atom is -0.480 e. The fourth-order valence-corrected chi connectivity index (χ4v) is 3.24. The molecule has 2 N–H and O–H groups in total. The molecule has 1 atom stereocenters. The van der Waals surface area contributed by atoms with Crippen molar-refractivity contribution in [3.63, 3.8) is 0 Å². The SMILES string of the molecule is O=C(O)[C@H]1CCCCN1C(=S)SCCCNCl. The van der Waals surface area contributed by atoms with Gasteiger partial charge in [-0.1, -0.05) is 24.0 Å². The summed E-state index contributed by atoms with van der Waals surface area (Å²) in [5.74, 6) is 0.0940. The van der Waals surface area contributed by atoms with Crippen molar-refractivity contribution in [1.82, 2.24) is 9.74 Å². The number of carboxylic acid groups (broad SMARTS) is 1. The van der Waals surface area contributed by atoms with Crippen LogP contribution in [0.2, 0.25) is 0 Å². The summed E-state index contributed by atoms with van der Waals surface area (Å²) < 4.78 is 0.701. The molecule has 1 aliphatic rings. The van der Waals surface area contributed by atoms with Crippen LogP contribution in [0.3, 0.4) is 0 Å². The lowest BCUT2D eigenvalue weighted by atomic mass is 10.0. The van der Waals surface area contributed by atoms with Gasteiger partial charge in [0, 0.05) is 18.8 Å². The third kappa shape index (κ3) is 4.99. The number of halogens is 1. The van der Waals surface area contributed by atoms with E-state index in [9.17, 15) is 4.79 Å². The summed E-state index contributed by atoms with van der Waals surface area (Å²) in [5, 5.41) is 9.13. The van der Waals surface area contributed by atoms with Crippen molar-refractivity contribution in [3.05, 3.63) is 0 Å². The second-order valence-electron chi connectivity index (χ2n) is 3.89. The molecule has 0 bridgehead atoms. The Hall–Kier alpha value is -0.0400. The van der Waals surface area contributed by atoms with Gasteiger partial charge in [-0.2, -0.15) is 0 Å². The number of nitrogens with zero attached hydrogens (tertiary/aromatic N) is 1. The van der Waals surface area contributed by atoms with E-state index in [-0.39, 0.29) is 0 Å². The van der Waals surface area contributed by atoms with E-state index in [0.29, 0.717) is 10.7 Å². The van der Waals surface area contributed by atoms with Crippen LogP contribution < -0.4 is 4.84 Å². The molecule has 0 amide bonds. The van der Waals surface area contributed by atoms with Crippen LogP contribution in [0.4, 0.5) is 0 Å². The molecule has 0 unspecified atom stereocenters. The number of aliphatic carboxylic acids is 1. The zero-order chi connectivity index (χ0) is 12.7. The van der Waals surface area contributed by atoms with Gasteiger partial charge in [-0.15, -0.1) is 0 Å². The number of piperidine rings is 1.